The van der Waals surface area contributed by atoms with Crippen LogP contribution < -0.4 is 50.6 Å². The fourth-order valence-electron chi connectivity index (χ4n) is 14.3. The van der Waals surface area contributed by atoms with Gasteiger partial charge in [0.1, 0.15) is 122 Å². The number of rotatable bonds is 52. The molecule has 5 rings (SSSR count). The Kier molecular flexibility index (Phi) is 47.4. The van der Waals surface area contributed by atoms with Gasteiger partial charge >= 0.3 is 29.6 Å². The number of aliphatic carboxylic acids is 1. The van der Waals surface area contributed by atoms with Crippen LogP contribution in [-0.2, 0) is 66.5 Å². The van der Waals surface area contributed by atoms with Crippen molar-refractivity contribution in [3.8, 4) is 0 Å². The summed E-state index contributed by atoms with van der Waals surface area (Å²) in [5, 5.41) is 199. The molecule has 0 spiro atoms. The first-order chi connectivity index (χ1) is 51.3. The summed E-state index contributed by atoms with van der Waals surface area (Å²) in [7, 11) is 0. The maximum Gasteiger partial charge on any atom is 1.00 e. The van der Waals surface area contributed by atoms with Crippen LogP contribution in [0, 0.1) is 0 Å². The molecule has 35 heteroatoms. The predicted octanol–water partition coefficient (Wildman–Crippen LogP) is -5.37. The number of hydrogen-bond acceptors (Lipinski definition) is 31. The van der Waals surface area contributed by atoms with Gasteiger partial charge in [-0.25, -0.2) is 0 Å². The second kappa shape index (κ2) is 52.2. The van der Waals surface area contributed by atoms with E-state index in [1.807, 2.05) is 6.08 Å². The van der Waals surface area contributed by atoms with Crippen LogP contribution in [0.5, 0.6) is 0 Å². The number of nitrogens with one attached hydrogen (secondary N) is 3. The van der Waals surface area contributed by atoms with E-state index in [1.165, 1.54) is 109 Å². The average Bonchev–Trinajstić information content (AvgIpc) is 0.750. The van der Waals surface area contributed by atoms with Crippen LogP contribution in [0.15, 0.2) is 12.2 Å². The molecule has 0 radical (unpaired) electrons. The van der Waals surface area contributed by atoms with Crippen LogP contribution in [0.3, 0.4) is 0 Å². The van der Waals surface area contributed by atoms with E-state index < -0.39 is 235 Å². The monoisotopic (exact) mass is 1570 g/mol. The van der Waals surface area contributed by atoms with E-state index in [-0.39, 0.29) is 41.9 Å². The van der Waals surface area contributed by atoms with Gasteiger partial charge in [-0.15, -0.1) is 0 Å². The Bertz CT molecular complexity index is 2510. The van der Waals surface area contributed by atoms with Gasteiger partial charge in [-0.2, -0.15) is 0 Å². The summed E-state index contributed by atoms with van der Waals surface area (Å²) in [4.78, 5) is 52.8. The summed E-state index contributed by atoms with van der Waals surface area (Å²) in [5.74, 6) is -8.10. The topological polar surface area (TPSA) is 543 Å². The van der Waals surface area contributed by atoms with E-state index in [0.717, 1.165) is 71.6 Å². The van der Waals surface area contributed by atoms with Crippen molar-refractivity contribution in [1.29, 1.82) is 0 Å². The molecule has 34 nitrogen and oxygen atoms in total. The number of amides is 3. The summed E-state index contributed by atoms with van der Waals surface area (Å²) < 4.78 is 59.9. The van der Waals surface area contributed by atoms with Gasteiger partial charge in [-0.05, 0) is 19.3 Å². The Hall–Kier alpha value is -2.42. The number of hydrogen-bond donors (Lipinski definition) is 19. The molecule has 624 valence electrons. The number of unbranched alkanes of at least 4 members (excludes halogenated alkanes) is 25. The quantitative estimate of drug-likeness (QED) is 0.0154. The predicted molar refractivity (Wildman–Crippen MR) is 376 cm³/mol. The Labute approximate surface area is 656 Å². The minimum absolute atomic E-state index is 0. The minimum atomic E-state index is -3.49. The van der Waals surface area contributed by atoms with Gasteiger partial charge in [0, 0.05) is 26.7 Å². The zero-order valence-electron chi connectivity index (χ0n) is 63.8. The van der Waals surface area contributed by atoms with Gasteiger partial charge in [0.15, 0.2) is 25.2 Å². The number of aliphatic hydroxyl groups is 16. The van der Waals surface area contributed by atoms with Gasteiger partial charge in [-0.1, -0.05) is 180 Å². The van der Waals surface area contributed by atoms with Crippen molar-refractivity contribution in [2.24, 2.45) is 0 Å². The molecule has 5 aliphatic heterocycles. The van der Waals surface area contributed by atoms with Crippen molar-refractivity contribution >= 4 is 23.7 Å². The first-order valence-corrected chi connectivity index (χ1v) is 39.1. The molecule has 0 aromatic rings. The van der Waals surface area contributed by atoms with Crippen LogP contribution in [0.4, 0.5) is 0 Å². The van der Waals surface area contributed by atoms with Gasteiger partial charge in [0.2, 0.25) is 23.5 Å². The van der Waals surface area contributed by atoms with Crippen LogP contribution in [0.2, 0.25) is 0 Å². The van der Waals surface area contributed by atoms with E-state index in [4.69, 9.17) is 47.4 Å². The van der Waals surface area contributed by atoms with Gasteiger partial charge in [0.25, 0.3) is 0 Å². The molecule has 3 amide bonds. The maximum atomic E-state index is 13.7. The molecule has 108 heavy (non-hydrogen) atoms. The Morgan fingerprint density at radius 2 is 0.935 bits per heavy atom. The van der Waals surface area contributed by atoms with E-state index in [1.54, 1.807) is 0 Å². The summed E-state index contributed by atoms with van der Waals surface area (Å²) >= 11 is 0. The smallest absolute Gasteiger partial charge is 0.544 e. The largest absolute Gasteiger partial charge is 1.00 e. The second-order valence-corrected chi connectivity index (χ2v) is 29.3. The minimum Gasteiger partial charge on any atom is -0.544 e. The Morgan fingerprint density at radius 3 is 1.44 bits per heavy atom. The third-order valence-electron chi connectivity index (χ3n) is 20.6. The van der Waals surface area contributed by atoms with E-state index in [2.05, 4.69) is 29.8 Å². The Morgan fingerprint density at radius 1 is 0.500 bits per heavy atom. The van der Waals surface area contributed by atoms with E-state index in [0.29, 0.717) is 12.8 Å². The van der Waals surface area contributed by atoms with Crippen molar-refractivity contribution in [1.82, 2.24) is 16.0 Å². The van der Waals surface area contributed by atoms with Crippen molar-refractivity contribution in [3.05, 3.63) is 12.2 Å². The van der Waals surface area contributed by atoms with Gasteiger partial charge in [-0.3, -0.25) is 14.4 Å². The molecule has 5 heterocycles. The zero-order chi connectivity index (χ0) is 78.8. The van der Waals surface area contributed by atoms with Crippen molar-refractivity contribution in [2.75, 3.05) is 39.6 Å². The van der Waals surface area contributed by atoms with E-state index in [9.17, 15) is 106 Å². The van der Waals surface area contributed by atoms with Crippen molar-refractivity contribution in [3.63, 3.8) is 0 Å². The standard InChI is InChI=1S/C73H131N3O31.Na/c1-5-7-9-11-13-15-17-19-20-22-24-26-28-30-32-34-52(87)76-44(45(84)33-31-29-27-25-23-21-18-16-14-12-10-8-6-2)41-98-69-61(94)59(92)63(50(39-80)101-69)103-71-62(95)67(107-73(72(96)97)35-46(85)53(74-42(3)82)66(106-73)55(88)47(86)36-77)64(51(40-81)102-71)104-68-54(75-43(4)83)65(57(90)49(38-79)99-68)105-70-60(93)58(91)56(89)48(37-78)100-70;/h31,33,44-51,53-71,77-81,84-86,88-95H,5-30,32,34-41H2,1-4H3,(H,74,82)(H,75,83)(H,76,87)(H,96,97);/q;+1/p-1/b33-31+;/t44-,45+,46?,47?,48?,49?,50?,51?,53?,54?,55?,56?,57?,58?,59?,60?,61?,62?,63?,64?,65?,66?,67?,68?,69?,70?,71?,73?;/m0./s1. The summed E-state index contributed by atoms with van der Waals surface area (Å²) in [6, 6.07) is -4.85. The van der Waals surface area contributed by atoms with E-state index >= 15 is 0 Å². The molecule has 5 fully saturated rings. The average molecular weight is 1570 g/mol. The maximum absolute atomic E-state index is 13.7. The summed E-state index contributed by atoms with van der Waals surface area (Å²) in [5.41, 5.74) is 0. The zero-order valence-corrected chi connectivity index (χ0v) is 65.8. The van der Waals surface area contributed by atoms with Crippen LogP contribution in [0.1, 0.15) is 214 Å². The number of allylic oxidation sites excluding steroid dienone is 1. The molecule has 0 aromatic carbocycles. The summed E-state index contributed by atoms with van der Waals surface area (Å²) in [6.07, 6.45) is -17.3. The molecule has 0 saturated carbocycles. The van der Waals surface area contributed by atoms with Gasteiger partial charge < -0.3 is 155 Å². The van der Waals surface area contributed by atoms with Crippen molar-refractivity contribution in [2.45, 2.75) is 385 Å². The molecule has 19 N–H and O–H groups in total. The number of ether oxygens (including phenoxy) is 10. The van der Waals surface area contributed by atoms with Crippen LogP contribution in [0.25, 0.3) is 0 Å². The van der Waals surface area contributed by atoms with Crippen molar-refractivity contribution < 1.29 is 183 Å². The normalized spacial score (nSPS) is 34.3. The number of carboxylic acids is 1. The third kappa shape index (κ3) is 30.3. The summed E-state index contributed by atoms with van der Waals surface area (Å²) in [6.45, 7) is 0.239. The fourth-order valence-corrected chi connectivity index (χ4v) is 14.3. The van der Waals surface area contributed by atoms with Crippen LogP contribution >= 0.6 is 0 Å². The number of carbonyl (C=O) groups is 4. The molecule has 0 bridgehead atoms. The molecule has 0 aromatic heterocycles. The second-order valence-electron chi connectivity index (χ2n) is 29.3. The molecule has 28 atom stereocenters. The molecule has 26 unspecified atom stereocenters. The van der Waals surface area contributed by atoms with Crippen LogP contribution in [-0.4, -0.2) is 316 Å². The first kappa shape index (κ1) is 97.9. The molecular weight excluding hydrogens is 1440 g/mol. The fraction of sp³-hybridized carbons (Fsp3) is 0.918. The third-order valence-corrected chi connectivity index (χ3v) is 20.6. The number of aliphatic hydroxyl groups excluding tert-OH is 16. The molecule has 0 aliphatic carbocycles. The molecular formula is C73H130N3NaO31. The SMILES string of the molecule is CCCCCCCCCCCCC/C=C/[C@@H](O)[C@H](COC1OC(CO)C(OC2OC(CO)C(OC3OC(CO)C(O)C(OC4OC(CO)C(O)C(O)C4O)C3NC(C)=O)C(OC3(C(=O)[O-])CC(O)C(NC(C)=O)C(C(O)C(O)CO)O3)C2O)C(O)C1O)NC(=O)CCCCCCCCCCCCCCCCC.[Na+]. The number of carbonyl (C=O) groups excluding carboxylic acids is 4. The first-order valence-electron chi connectivity index (χ1n) is 39.1. The molecule has 5 saturated heterocycles. The van der Waals surface area contributed by atoms with Gasteiger partial charge in [0.05, 0.1) is 63.9 Å². The molecule has 5 aliphatic rings. The number of carboxylic acid groups (broad SMARTS) is 1. The Balaban J connectivity index is 0.0000246.